The number of unbranched alkanes of at least 4 members (excludes halogenated alkanes) is 49. The first-order valence-corrected chi connectivity index (χ1v) is 45.0. The maximum Gasteiger partial charge on any atom is 0.472 e. The van der Waals surface area contributed by atoms with Gasteiger partial charge in [0.25, 0.3) is 0 Å². The van der Waals surface area contributed by atoms with Crippen LogP contribution >= 0.6 is 15.6 Å². The predicted octanol–water partition coefficient (Wildman–Crippen LogP) is 24.3. The van der Waals surface area contributed by atoms with Gasteiger partial charge in [-0.3, -0.25) is 37.3 Å². The first kappa shape index (κ1) is 98.1. The predicted molar refractivity (Wildman–Crippen MR) is 409 cm³/mol. The molecule has 0 aliphatic carbocycles. The molecule has 0 radical (unpaired) electrons. The third-order valence-corrected chi connectivity index (χ3v) is 21.2. The molecule has 0 rings (SSSR count). The van der Waals surface area contributed by atoms with Crippen LogP contribution in [0.5, 0.6) is 0 Å². The van der Waals surface area contributed by atoms with Crippen LogP contribution in [0.4, 0.5) is 0 Å². The summed E-state index contributed by atoms with van der Waals surface area (Å²) in [5.74, 6) is -0.533. The highest BCUT2D eigenvalue weighted by Gasteiger charge is 2.30. The van der Waals surface area contributed by atoms with Gasteiger partial charge < -0.3 is 33.8 Å². The Hall–Kier alpha value is -1.94. The number of hydrogen-bond donors (Lipinski definition) is 3. The zero-order valence-corrected chi connectivity index (χ0v) is 67.3. The number of carbonyl (C=O) groups excluding carboxylic acids is 4. The number of aliphatic hydroxyl groups excluding tert-OH is 1. The molecule has 3 N–H and O–H groups in total. The summed E-state index contributed by atoms with van der Waals surface area (Å²) >= 11 is 0. The van der Waals surface area contributed by atoms with E-state index in [4.69, 9.17) is 37.0 Å². The summed E-state index contributed by atoms with van der Waals surface area (Å²) < 4.78 is 68.8. The highest BCUT2D eigenvalue weighted by molar-refractivity contribution is 7.47. The van der Waals surface area contributed by atoms with E-state index in [1.54, 1.807) is 0 Å². The number of hydrogen-bond acceptors (Lipinski definition) is 15. The molecule has 0 aromatic rings. The summed E-state index contributed by atoms with van der Waals surface area (Å²) in [4.78, 5) is 73.1. The van der Waals surface area contributed by atoms with Gasteiger partial charge in [0.1, 0.15) is 19.3 Å². The van der Waals surface area contributed by atoms with Gasteiger partial charge in [0.15, 0.2) is 12.2 Å². The summed E-state index contributed by atoms with van der Waals surface area (Å²) in [7, 11) is -9.92. The van der Waals surface area contributed by atoms with Crippen molar-refractivity contribution in [2.24, 2.45) is 11.8 Å². The summed E-state index contributed by atoms with van der Waals surface area (Å²) in [6.07, 6.45) is 62.2. The van der Waals surface area contributed by atoms with Crippen molar-refractivity contribution in [1.82, 2.24) is 0 Å². The molecule has 17 nitrogen and oxygen atoms in total. The molecule has 0 aliphatic rings. The van der Waals surface area contributed by atoms with Crippen molar-refractivity contribution in [2.45, 2.75) is 445 Å². The second-order valence-electron chi connectivity index (χ2n) is 29.9. The summed E-state index contributed by atoms with van der Waals surface area (Å²) in [5.41, 5.74) is 0. The number of rotatable bonds is 80. The van der Waals surface area contributed by atoms with Crippen molar-refractivity contribution in [2.75, 3.05) is 39.6 Å². The van der Waals surface area contributed by atoms with Crippen LogP contribution in [0, 0.1) is 11.8 Å². The number of ether oxygens (including phenoxy) is 4. The maximum absolute atomic E-state index is 13.1. The molecule has 100 heavy (non-hydrogen) atoms. The molecule has 0 bridgehead atoms. The molecule has 0 fully saturated rings. The van der Waals surface area contributed by atoms with Crippen LogP contribution in [-0.4, -0.2) is 96.7 Å². The van der Waals surface area contributed by atoms with Gasteiger partial charge in [0.2, 0.25) is 0 Å². The van der Waals surface area contributed by atoms with Crippen LogP contribution in [0.2, 0.25) is 0 Å². The van der Waals surface area contributed by atoms with E-state index in [9.17, 15) is 43.2 Å². The highest BCUT2D eigenvalue weighted by Crippen LogP contribution is 2.45. The molecule has 0 aromatic carbocycles. The molecular formula is C81H158O17P2. The molecule has 0 saturated heterocycles. The number of phosphoric acid groups is 2. The van der Waals surface area contributed by atoms with Crippen molar-refractivity contribution in [3.63, 3.8) is 0 Å². The Morgan fingerprint density at radius 3 is 0.760 bits per heavy atom. The van der Waals surface area contributed by atoms with Crippen molar-refractivity contribution < 1.29 is 80.2 Å². The summed E-state index contributed by atoms with van der Waals surface area (Å²) in [6.45, 7) is 9.67. The van der Waals surface area contributed by atoms with Gasteiger partial charge in [-0.05, 0) is 37.5 Å². The van der Waals surface area contributed by atoms with E-state index in [1.807, 2.05) is 0 Å². The minimum atomic E-state index is -4.96. The molecule has 0 aromatic heterocycles. The Bertz CT molecular complexity index is 1930. The standard InChI is InChI=1S/C81H158O17P2/c1-7-10-12-14-16-18-20-22-24-26-30-34-38-45-51-57-63-78(83)91-69-76(97-80(85)66-60-54-48-40-36-32-28-27-29-33-37-43-49-55-61-73(4)5)71-95-99(87,88)93-67-75(82)68-94-100(89,90)96-72-77(70-92-79(84)64-58-52-46-42-41-44-50-56-62-74(6)9-3)98-81(86)65-59-53-47-39-35-31-25-23-21-19-17-15-13-11-8-2/h73-77,82H,7-72H2,1-6H3,(H,87,88)(H,89,90)/t74?,75-,76-,77-/m1/s1. The Balaban J connectivity index is 5.27. The van der Waals surface area contributed by atoms with Gasteiger partial charge in [-0.2, -0.15) is 0 Å². The topological polar surface area (TPSA) is 237 Å². The lowest BCUT2D eigenvalue weighted by Crippen LogP contribution is -2.30. The molecule has 6 atom stereocenters. The second kappa shape index (κ2) is 72.6. The van der Waals surface area contributed by atoms with E-state index in [0.29, 0.717) is 25.7 Å². The van der Waals surface area contributed by atoms with Crippen LogP contribution in [0.3, 0.4) is 0 Å². The maximum atomic E-state index is 13.1. The number of aliphatic hydroxyl groups is 1. The zero-order valence-electron chi connectivity index (χ0n) is 65.5. The number of esters is 4. The minimum absolute atomic E-state index is 0.108. The minimum Gasteiger partial charge on any atom is -0.462 e. The van der Waals surface area contributed by atoms with Crippen molar-refractivity contribution in [3.05, 3.63) is 0 Å². The first-order valence-electron chi connectivity index (χ1n) is 42.0. The lowest BCUT2D eigenvalue weighted by molar-refractivity contribution is -0.161. The van der Waals surface area contributed by atoms with Crippen molar-refractivity contribution >= 4 is 39.5 Å². The molecule has 0 spiro atoms. The van der Waals surface area contributed by atoms with Crippen LogP contribution in [0.15, 0.2) is 0 Å². The van der Waals surface area contributed by atoms with Crippen LogP contribution in [0.1, 0.15) is 427 Å². The van der Waals surface area contributed by atoms with Gasteiger partial charge in [-0.15, -0.1) is 0 Å². The monoisotopic (exact) mass is 1470 g/mol. The smallest absolute Gasteiger partial charge is 0.462 e. The SMILES string of the molecule is CCCCCCCCCCCCCCCCCCC(=O)OC[C@H](COP(=O)(O)OC[C@@H](O)COP(=O)(O)OC[C@@H](COC(=O)CCCCCCCCCCC(C)CC)OC(=O)CCCCCCCCCCCCCCCCC)OC(=O)CCCCCCCCCCCCCCCCC(C)C. The van der Waals surface area contributed by atoms with E-state index in [1.165, 1.54) is 244 Å². The van der Waals surface area contributed by atoms with Crippen LogP contribution in [-0.2, 0) is 65.4 Å². The highest BCUT2D eigenvalue weighted by atomic mass is 31.2. The molecule has 0 heterocycles. The largest absolute Gasteiger partial charge is 0.472 e. The first-order chi connectivity index (χ1) is 48.4. The van der Waals surface area contributed by atoms with Gasteiger partial charge in [0.05, 0.1) is 26.4 Å². The lowest BCUT2D eigenvalue weighted by Gasteiger charge is -2.21. The van der Waals surface area contributed by atoms with Crippen LogP contribution < -0.4 is 0 Å². The average Bonchev–Trinajstić information content (AvgIpc) is 0.927. The second-order valence-corrected chi connectivity index (χ2v) is 32.8. The fourth-order valence-corrected chi connectivity index (χ4v) is 14.1. The Kier molecular flexibility index (Phi) is 71.2. The van der Waals surface area contributed by atoms with Gasteiger partial charge in [-0.25, -0.2) is 9.13 Å². The van der Waals surface area contributed by atoms with Gasteiger partial charge >= 0.3 is 39.5 Å². The fourth-order valence-electron chi connectivity index (χ4n) is 12.5. The van der Waals surface area contributed by atoms with Crippen molar-refractivity contribution in [3.8, 4) is 0 Å². The third-order valence-electron chi connectivity index (χ3n) is 19.3. The van der Waals surface area contributed by atoms with Gasteiger partial charge in [0, 0.05) is 25.7 Å². The Morgan fingerprint density at radius 1 is 0.290 bits per heavy atom. The third kappa shape index (κ3) is 73.0. The molecule has 0 saturated carbocycles. The Morgan fingerprint density at radius 2 is 0.510 bits per heavy atom. The zero-order chi connectivity index (χ0) is 73.5. The average molecular weight is 1470 g/mol. The summed E-state index contributed by atoms with van der Waals surface area (Å²) in [6, 6.07) is 0. The van der Waals surface area contributed by atoms with E-state index < -0.39 is 97.5 Å². The molecule has 0 aliphatic heterocycles. The quantitative estimate of drug-likeness (QED) is 0.0222. The van der Waals surface area contributed by atoms with E-state index in [0.717, 1.165) is 102 Å². The van der Waals surface area contributed by atoms with E-state index in [2.05, 4.69) is 41.5 Å². The van der Waals surface area contributed by atoms with E-state index >= 15 is 0 Å². The van der Waals surface area contributed by atoms with Crippen molar-refractivity contribution in [1.29, 1.82) is 0 Å². The molecule has 19 heteroatoms. The van der Waals surface area contributed by atoms with E-state index in [-0.39, 0.29) is 25.7 Å². The lowest BCUT2D eigenvalue weighted by atomic mass is 9.99. The normalized spacial score (nSPS) is 14.2. The summed E-state index contributed by atoms with van der Waals surface area (Å²) in [5, 5.41) is 10.6. The molecular weight excluding hydrogens is 1310 g/mol. The molecule has 0 amide bonds. The molecule has 594 valence electrons. The molecule has 3 unspecified atom stereocenters. The number of phosphoric ester groups is 2. The van der Waals surface area contributed by atoms with Gasteiger partial charge in [-0.1, -0.05) is 375 Å². The fraction of sp³-hybridized carbons (Fsp3) is 0.951. The van der Waals surface area contributed by atoms with Crippen LogP contribution in [0.25, 0.3) is 0 Å². The number of carbonyl (C=O) groups is 4. The Labute approximate surface area is 613 Å².